The third-order valence-corrected chi connectivity index (χ3v) is 8.50. The molecule has 0 aromatic rings. The topological polar surface area (TPSA) is 113 Å². The number of allylic oxidation sites excluding steroid dienone is 3. The number of hydrogen-bond acceptors (Lipinski definition) is 5. The molecule has 0 radical (unpaired) electrons. The Labute approximate surface area is 200 Å². The molecule has 1 amide bonds. The summed E-state index contributed by atoms with van der Waals surface area (Å²) in [5, 5.41) is 31.6. The number of carbonyl (C=O) groups excluding carboxylic acids is 1. The van der Waals surface area contributed by atoms with E-state index in [0.29, 0.717) is 18.3 Å². The Hall–Kier alpha value is -1.21. The first-order valence-electron chi connectivity index (χ1n) is 12.8. The van der Waals surface area contributed by atoms with Crippen LogP contribution in [-0.4, -0.2) is 51.7 Å². The van der Waals surface area contributed by atoms with E-state index in [1.807, 2.05) is 20.8 Å². The highest BCUT2D eigenvalue weighted by molar-refractivity contribution is 5.86. The number of nitrogens with two attached hydrogens (primary N) is 1. The van der Waals surface area contributed by atoms with E-state index >= 15 is 0 Å². The van der Waals surface area contributed by atoms with E-state index < -0.39 is 23.7 Å². The summed E-state index contributed by atoms with van der Waals surface area (Å²) in [6, 6.07) is 0. The predicted octanol–water partition coefficient (Wildman–Crippen LogP) is 3.73. The van der Waals surface area contributed by atoms with Crippen LogP contribution in [0.3, 0.4) is 0 Å². The number of aliphatic hydroxyl groups is 3. The maximum Gasteiger partial charge on any atom is 0.241 e. The minimum Gasteiger partial charge on any atom is -0.396 e. The molecule has 33 heavy (non-hydrogen) atoms. The molecular formula is C27H47NO5. The van der Waals surface area contributed by atoms with Gasteiger partial charge in [-0.05, 0) is 63.2 Å². The van der Waals surface area contributed by atoms with E-state index in [1.165, 1.54) is 6.08 Å². The highest BCUT2D eigenvalue weighted by atomic mass is 16.5. The first-order valence-corrected chi connectivity index (χ1v) is 12.8. The van der Waals surface area contributed by atoms with Gasteiger partial charge in [0, 0.05) is 30.9 Å². The second-order valence-electron chi connectivity index (χ2n) is 10.8. The predicted molar refractivity (Wildman–Crippen MR) is 131 cm³/mol. The van der Waals surface area contributed by atoms with Gasteiger partial charge in [0.15, 0.2) is 0 Å². The molecule has 0 bridgehead atoms. The summed E-state index contributed by atoms with van der Waals surface area (Å²) in [6.07, 6.45) is 9.96. The fraction of sp³-hybridized carbons (Fsp3) is 0.815. The van der Waals surface area contributed by atoms with E-state index in [-0.39, 0.29) is 30.5 Å². The second kappa shape index (κ2) is 12.5. The van der Waals surface area contributed by atoms with Gasteiger partial charge in [0.1, 0.15) is 0 Å². The summed E-state index contributed by atoms with van der Waals surface area (Å²) in [5.41, 5.74) is 5.77. The largest absolute Gasteiger partial charge is 0.396 e. The van der Waals surface area contributed by atoms with Crippen molar-refractivity contribution in [2.75, 3.05) is 6.61 Å². The van der Waals surface area contributed by atoms with E-state index in [4.69, 9.17) is 10.5 Å². The normalized spacial score (nSPS) is 37.4. The zero-order valence-electron chi connectivity index (χ0n) is 21.2. The molecule has 6 heteroatoms. The molecule has 9 atom stereocenters. The number of amides is 1. The zero-order valence-corrected chi connectivity index (χ0v) is 21.2. The molecule has 1 aliphatic carbocycles. The lowest BCUT2D eigenvalue weighted by Crippen LogP contribution is -2.59. The van der Waals surface area contributed by atoms with E-state index in [1.54, 1.807) is 6.08 Å². The molecule has 9 unspecified atom stereocenters. The van der Waals surface area contributed by atoms with Gasteiger partial charge in [-0.1, -0.05) is 45.4 Å². The molecule has 1 heterocycles. The SMILES string of the molecule is CCC(C=CC(N)=O)=CCCC(CO)CC(C)C1CC(O)C(C)C2(CC(O)C(C)C(C)O2)C1. The summed E-state index contributed by atoms with van der Waals surface area (Å²) in [4.78, 5) is 11.0. The fourth-order valence-electron chi connectivity index (χ4n) is 5.84. The Morgan fingerprint density at radius 1 is 1.18 bits per heavy atom. The van der Waals surface area contributed by atoms with Crippen LogP contribution in [0, 0.1) is 29.6 Å². The molecule has 2 aliphatic rings. The highest BCUT2D eigenvalue weighted by Gasteiger charge is 2.53. The lowest BCUT2D eigenvalue weighted by molar-refractivity contribution is -0.240. The lowest BCUT2D eigenvalue weighted by Gasteiger charge is -2.55. The molecule has 1 saturated heterocycles. The van der Waals surface area contributed by atoms with Crippen LogP contribution in [0.15, 0.2) is 23.8 Å². The lowest BCUT2D eigenvalue weighted by atomic mass is 9.62. The van der Waals surface area contributed by atoms with Crippen LogP contribution in [0.5, 0.6) is 0 Å². The molecule has 1 aliphatic heterocycles. The van der Waals surface area contributed by atoms with E-state index in [2.05, 4.69) is 19.9 Å². The van der Waals surface area contributed by atoms with Gasteiger partial charge < -0.3 is 25.8 Å². The number of ether oxygens (including phenoxy) is 1. The van der Waals surface area contributed by atoms with Crippen molar-refractivity contribution in [3.05, 3.63) is 23.8 Å². The Morgan fingerprint density at radius 3 is 2.45 bits per heavy atom. The minimum absolute atomic E-state index is 0.00903. The Kier molecular flexibility index (Phi) is 10.6. The Balaban J connectivity index is 2.01. The number of rotatable bonds is 10. The monoisotopic (exact) mass is 465 g/mol. The number of aliphatic hydroxyl groups excluding tert-OH is 3. The van der Waals surface area contributed by atoms with Gasteiger partial charge >= 0.3 is 0 Å². The molecule has 190 valence electrons. The average Bonchev–Trinajstić information content (AvgIpc) is 2.76. The van der Waals surface area contributed by atoms with Crippen LogP contribution < -0.4 is 5.73 Å². The van der Waals surface area contributed by atoms with Crippen molar-refractivity contribution in [2.45, 2.75) is 103 Å². The molecule has 6 nitrogen and oxygen atoms in total. The maximum atomic E-state index is 11.0. The molecule has 1 saturated carbocycles. The third kappa shape index (κ3) is 7.38. The van der Waals surface area contributed by atoms with Crippen molar-refractivity contribution in [1.82, 2.24) is 0 Å². The molecule has 1 spiro atoms. The van der Waals surface area contributed by atoms with Gasteiger partial charge in [0.05, 0.1) is 23.9 Å². The smallest absolute Gasteiger partial charge is 0.241 e. The van der Waals surface area contributed by atoms with Crippen LogP contribution in [-0.2, 0) is 9.53 Å². The molecular weight excluding hydrogens is 418 g/mol. The van der Waals surface area contributed by atoms with Crippen LogP contribution >= 0.6 is 0 Å². The van der Waals surface area contributed by atoms with Crippen molar-refractivity contribution in [2.24, 2.45) is 35.3 Å². The van der Waals surface area contributed by atoms with Gasteiger partial charge in [0.25, 0.3) is 0 Å². The van der Waals surface area contributed by atoms with Crippen molar-refractivity contribution in [3.8, 4) is 0 Å². The quantitative estimate of drug-likeness (QED) is 0.290. The van der Waals surface area contributed by atoms with Crippen molar-refractivity contribution in [1.29, 1.82) is 0 Å². The third-order valence-electron chi connectivity index (χ3n) is 8.50. The van der Waals surface area contributed by atoms with Gasteiger partial charge in [-0.2, -0.15) is 0 Å². The van der Waals surface area contributed by atoms with Gasteiger partial charge in [-0.3, -0.25) is 4.79 Å². The standard InChI is InChI=1S/C27H47NO5/c1-6-21(10-11-26(28)32)8-7-9-22(16-29)12-17(2)23-13-24(30)19(4)27(14-23)15-25(31)18(3)20(5)33-27/h8,10-11,17-20,22-25,29-31H,6-7,9,12-16H2,1-5H3,(H2,28,32). The molecule has 2 rings (SSSR count). The van der Waals surface area contributed by atoms with E-state index in [0.717, 1.165) is 44.1 Å². The van der Waals surface area contributed by atoms with Gasteiger partial charge in [0.2, 0.25) is 5.91 Å². The molecule has 0 aromatic carbocycles. The van der Waals surface area contributed by atoms with Gasteiger partial charge in [-0.15, -0.1) is 0 Å². The number of carbonyl (C=O) groups is 1. The Bertz CT molecular complexity index is 678. The summed E-state index contributed by atoms with van der Waals surface area (Å²) in [6.45, 7) is 10.5. The van der Waals surface area contributed by atoms with E-state index in [9.17, 15) is 20.1 Å². The molecule has 2 fully saturated rings. The summed E-state index contributed by atoms with van der Waals surface area (Å²) in [7, 11) is 0. The summed E-state index contributed by atoms with van der Waals surface area (Å²) < 4.78 is 6.52. The maximum absolute atomic E-state index is 11.0. The minimum atomic E-state index is -0.484. The van der Waals surface area contributed by atoms with Crippen LogP contribution in [0.1, 0.15) is 79.6 Å². The Morgan fingerprint density at radius 2 is 1.88 bits per heavy atom. The molecule has 0 aromatic heterocycles. The van der Waals surface area contributed by atoms with Crippen LogP contribution in [0.4, 0.5) is 0 Å². The summed E-state index contributed by atoms with van der Waals surface area (Å²) >= 11 is 0. The van der Waals surface area contributed by atoms with Crippen LogP contribution in [0.2, 0.25) is 0 Å². The van der Waals surface area contributed by atoms with Crippen molar-refractivity contribution in [3.63, 3.8) is 0 Å². The van der Waals surface area contributed by atoms with Crippen LogP contribution in [0.25, 0.3) is 0 Å². The first kappa shape index (κ1) is 28.0. The second-order valence-corrected chi connectivity index (χ2v) is 10.8. The number of primary amides is 1. The fourth-order valence-corrected chi connectivity index (χ4v) is 5.84. The van der Waals surface area contributed by atoms with Crippen molar-refractivity contribution < 1.29 is 24.9 Å². The summed E-state index contributed by atoms with van der Waals surface area (Å²) in [5.74, 6) is 0.440. The number of hydrogen-bond donors (Lipinski definition) is 4. The highest BCUT2D eigenvalue weighted by Crippen LogP contribution is 2.49. The first-order chi connectivity index (χ1) is 15.5. The zero-order chi connectivity index (χ0) is 24.8. The van der Waals surface area contributed by atoms with Gasteiger partial charge in [-0.25, -0.2) is 0 Å². The average molecular weight is 466 g/mol. The van der Waals surface area contributed by atoms with Crippen molar-refractivity contribution >= 4 is 5.91 Å². The molecule has 5 N–H and O–H groups in total.